The second kappa shape index (κ2) is 3.52. The van der Waals surface area contributed by atoms with E-state index in [1.165, 1.54) is 36.9 Å². The van der Waals surface area contributed by atoms with Crippen LogP contribution in [0.3, 0.4) is 0 Å². The molecular weight excluding hydrogens is 198 g/mol. The van der Waals surface area contributed by atoms with Crippen LogP contribution in [0.2, 0.25) is 0 Å². The summed E-state index contributed by atoms with van der Waals surface area (Å²) < 4.78 is 0. The van der Waals surface area contributed by atoms with Crippen molar-refractivity contribution in [3.63, 3.8) is 0 Å². The standard InChI is InChI=1S/C13H19N3/c1-13(6-7-13)12-15-8-9-10(14-2)4-3-5-11(9)16-12/h8,10,14H,3-7H2,1-2H3. The van der Waals surface area contributed by atoms with Crippen LogP contribution in [0.15, 0.2) is 6.20 Å². The highest BCUT2D eigenvalue weighted by Crippen LogP contribution is 2.46. The Kier molecular flexibility index (Phi) is 2.25. The lowest BCUT2D eigenvalue weighted by Gasteiger charge is -2.24. The predicted octanol–water partition coefficient (Wildman–Crippen LogP) is 2.12. The van der Waals surface area contributed by atoms with Gasteiger partial charge in [-0.3, -0.25) is 0 Å². The van der Waals surface area contributed by atoms with Crippen molar-refractivity contribution in [1.29, 1.82) is 0 Å². The van der Waals surface area contributed by atoms with E-state index in [2.05, 4.69) is 23.4 Å². The minimum atomic E-state index is 0.293. The molecule has 0 radical (unpaired) electrons. The number of hydrogen-bond donors (Lipinski definition) is 1. The van der Waals surface area contributed by atoms with E-state index in [0.29, 0.717) is 11.5 Å². The molecule has 1 unspecified atom stereocenters. The molecule has 0 aliphatic heterocycles. The zero-order valence-corrected chi connectivity index (χ0v) is 10.1. The third-order valence-electron chi connectivity index (χ3n) is 4.07. The molecule has 1 saturated carbocycles. The molecular formula is C13H19N3. The highest BCUT2D eigenvalue weighted by molar-refractivity contribution is 5.27. The monoisotopic (exact) mass is 217 g/mol. The normalized spacial score (nSPS) is 26.2. The Bertz CT molecular complexity index is 410. The van der Waals surface area contributed by atoms with Crippen molar-refractivity contribution in [3.05, 3.63) is 23.3 Å². The highest BCUT2D eigenvalue weighted by atomic mass is 15.0. The summed E-state index contributed by atoms with van der Waals surface area (Å²) >= 11 is 0. The average molecular weight is 217 g/mol. The molecule has 3 nitrogen and oxygen atoms in total. The maximum Gasteiger partial charge on any atom is 0.134 e. The largest absolute Gasteiger partial charge is 0.313 e. The highest BCUT2D eigenvalue weighted by Gasteiger charge is 2.42. The molecule has 1 fully saturated rings. The second-order valence-electron chi connectivity index (χ2n) is 5.39. The Balaban J connectivity index is 1.98. The number of rotatable bonds is 2. The van der Waals surface area contributed by atoms with Gasteiger partial charge in [-0.05, 0) is 39.2 Å². The minimum absolute atomic E-state index is 0.293. The van der Waals surface area contributed by atoms with E-state index < -0.39 is 0 Å². The molecule has 3 heteroatoms. The molecule has 0 bridgehead atoms. The Morgan fingerprint density at radius 2 is 2.25 bits per heavy atom. The van der Waals surface area contributed by atoms with Crippen LogP contribution in [0.1, 0.15) is 55.7 Å². The van der Waals surface area contributed by atoms with Crippen molar-refractivity contribution >= 4 is 0 Å². The van der Waals surface area contributed by atoms with Crippen LogP contribution in [-0.4, -0.2) is 17.0 Å². The summed E-state index contributed by atoms with van der Waals surface area (Å²) in [6.07, 6.45) is 8.14. The number of nitrogens with zero attached hydrogens (tertiary/aromatic N) is 2. The third-order valence-corrected chi connectivity index (χ3v) is 4.07. The second-order valence-corrected chi connectivity index (χ2v) is 5.39. The molecule has 1 heterocycles. The molecule has 3 rings (SSSR count). The maximum atomic E-state index is 4.79. The lowest BCUT2D eigenvalue weighted by molar-refractivity contribution is 0.483. The lowest BCUT2D eigenvalue weighted by Crippen LogP contribution is -2.24. The van der Waals surface area contributed by atoms with Crippen molar-refractivity contribution in [1.82, 2.24) is 15.3 Å². The zero-order valence-electron chi connectivity index (χ0n) is 10.1. The fourth-order valence-electron chi connectivity index (χ4n) is 2.55. The predicted molar refractivity (Wildman–Crippen MR) is 63.4 cm³/mol. The van der Waals surface area contributed by atoms with Gasteiger partial charge in [-0.1, -0.05) is 6.92 Å². The van der Waals surface area contributed by atoms with Gasteiger partial charge in [-0.15, -0.1) is 0 Å². The fraction of sp³-hybridized carbons (Fsp3) is 0.692. The van der Waals surface area contributed by atoms with Crippen LogP contribution in [0.5, 0.6) is 0 Å². The number of fused-ring (bicyclic) bond motifs is 1. The molecule has 2 aliphatic rings. The van der Waals surface area contributed by atoms with Gasteiger partial charge in [0.25, 0.3) is 0 Å². The molecule has 0 saturated heterocycles. The molecule has 0 aromatic carbocycles. The molecule has 1 N–H and O–H groups in total. The first-order chi connectivity index (χ1) is 7.73. The van der Waals surface area contributed by atoms with Gasteiger partial charge in [0.1, 0.15) is 5.82 Å². The topological polar surface area (TPSA) is 37.8 Å². The van der Waals surface area contributed by atoms with Crippen molar-refractivity contribution in [3.8, 4) is 0 Å². The van der Waals surface area contributed by atoms with E-state index in [9.17, 15) is 0 Å². The zero-order chi connectivity index (χ0) is 11.2. The van der Waals surface area contributed by atoms with Gasteiger partial charge >= 0.3 is 0 Å². The smallest absolute Gasteiger partial charge is 0.134 e. The van der Waals surface area contributed by atoms with E-state index in [-0.39, 0.29) is 0 Å². The van der Waals surface area contributed by atoms with Gasteiger partial charge < -0.3 is 5.32 Å². The van der Waals surface area contributed by atoms with Crippen LogP contribution >= 0.6 is 0 Å². The number of nitrogens with one attached hydrogen (secondary N) is 1. The van der Waals surface area contributed by atoms with Gasteiger partial charge in [0.15, 0.2) is 0 Å². The summed E-state index contributed by atoms with van der Waals surface area (Å²) in [5.74, 6) is 1.07. The summed E-state index contributed by atoms with van der Waals surface area (Å²) in [6, 6.07) is 0.463. The van der Waals surface area contributed by atoms with Gasteiger partial charge in [-0.2, -0.15) is 0 Å². The molecule has 0 amide bonds. The van der Waals surface area contributed by atoms with Crippen LogP contribution in [0.4, 0.5) is 0 Å². The number of hydrogen-bond acceptors (Lipinski definition) is 3. The summed E-state index contributed by atoms with van der Waals surface area (Å²) in [5.41, 5.74) is 2.90. The molecule has 16 heavy (non-hydrogen) atoms. The molecule has 0 spiro atoms. The van der Waals surface area contributed by atoms with E-state index in [4.69, 9.17) is 4.98 Å². The van der Waals surface area contributed by atoms with Crippen LogP contribution in [-0.2, 0) is 11.8 Å². The summed E-state index contributed by atoms with van der Waals surface area (Å²) in [6.45, 7) is 2.27. The Morgan fingerprint density at radius 1 is 1.44 bits per heavy atom. The Hall–Kier alpha value is -0.960. The fourth-order valence-corrected chi connectivity index (χ4v) is 2.55. The van der Waals surface area contributed by atoms with Crippen molar-refractivity contribution in [2.45, 2.75) is 50.5 Å². The van der Waals surface area contributed by atoms with E-state index in [1.807, 2.05) is 7.05 Å². The molecule has 1 atom stereocenters. The molecule has 1 aromatic heterocycles. The number of aryl methyl sites for hydroxylation is 1. The average Bonchev–Trinajstić information content (AvgIpc) is 3.07. The first-order valence-corrected chi connectivity index (χ1v) is 6.26. The van der Waals surface area contributed by atoms with Crippen LogP contribution in [0, 0.1) is 0 Å². The molecule has 1 aromatic rings. The van der Waals surface area contributed by atoms with Crippen LogP contribution in [0.25, 0.3) is 0 Å². The summed E-state index contributed by atoms with van der Waals surface area (Å²) in [7, 11) is 2.02. The Morgan fingerprint density at radius 3 is 2.94 bits per heavy atom. The third kappa shape index (κ3) is 1.54. The van der Waals surface area contributed by atoms with Gasteiger partial charge in [0.05, 0.1) is 0 Å². The molecule has 2 aliphatic carbocycles. The van der Waals surface area contributed by atoms with Crippen molar-refractivity contribution in [2.24, 2.45) is 0 Å². The molecule has 86 valence electrons. The lowest BCUT2D eigenvalue weighted by atomic mass is 9.92. The summed E-state index contributed by atoms with van der Waals surface area (Å²) in [5, 5.41) is 3.35. The van der Waals surface area contributed by atoms with Crippen molar-refractivity contribution < 1.29 is 0 Å². The first kappa shape index (κ1) is 10.2. The number of aromatic nitrogens is 2. The SMILES string of the molecule is CNC1CCCc2nc(C3(C)CC3)ncc21. The van der Waals surface area contributed by atoms with E-state index in [1.54, 1.807) is 0 Å². The van der Waals surface area contributed by atoms with E-state index >= 15 is 0 Å². The maximum absolute atomic E-state index is 4.79. The van der Waals surface area contributed by atoms with Gasteiger partial charge in [0.2, 0.25) is 0 Å². The summed E-state index contributed by atoms with van der Waals surface area (Å²) in [4.78, 5) is 9.37. The Labute approximate surface area is 96.7 Å². The van der Waals surface area contributed by atoms with Crippen molar-refractivity contribution in [2.75, 3.05) is 7.05 Å². The van der Waals surface area contributed by atoms with Crippen LogP contribution < -0.4 is 5.32 Å². The van der Waals surface area contributed by atoms with Gasteiger partial charge in [-0.25, -0.2) is 9.97 Å². The minimum Gasteiger partial charge on any atom is -0.313 e. The van der Waals surface area contributed by atoms with Gasteiger partial charge in [0, 0.05) is 28.9 Å². The van der Waals surface area contributed by atoms with E-state index in [0.717, 1.165) is 12.2 Å². The quantitative estimate of drug-likeness (QED) is 0.824. The first-order valence-electron chi connectivity index (χ1n) is 6.26.